The Bertz CT molecular complexity index is 207. The van der Waals surface area contributed by atoms with E-state index in [1.165, 1.54) is 0 Å². The van der Waals surface area contributed by atoms with Gasteiger partial charge in [-0.25, -0.2) is 9.70 Å². The molecule has 0 atom stereocenters. The highest BCUT2D eigenvalue weighted by Crippen LogP contribution is 2.39. The highest BCUT2D eigenvalue weighted by molar-refractivity contribution is 8.47. The summed E-state index contributed by atoms with van der Waals surface area (Å²) < 4.78 is 29.0. The van der Waals surface area contributed by atoms with E-state index in [9.17, 15) is 13.0 Å². The molecule has 0 aromatic carbocycles. The van der Waals surface area contributed by atoms with Gasteiger partial charge in [-0.2, -0.15) is 8.42 Å². The van der Waals surface area contributed by atoms with Gasteiger partial charge in [-0.3, -0.25) is 0 Å². The fraction of sp³-hybridized carbons (Fsp3) is 0. The minimum Gasteiger partial charge on any atom is -0.312 e. The van der Waals surface area contributed by atoms with Gasteiger partial charge in [-0.15, -0.1) is 0 Å². The summed E-state index contributed by atoms with van der Waals surface area (Å²) in [4.78, 5) is 15.5. The average Bonchev–Trinajstić information content (AvgIpc) is 1.25. The van der Waals surface area contributed by atoms with Gasteiger partial charge in [0.1, 0.15) is 0 Å². The topological polar surface area (TPSA) is 118 Å². The number of hydrogen-bond donors (Lipinski definition) is 3. The Morgan fingerprint density at radius 2 is 1.50 bits per heavy atom. The minimum atomic E-state index is -5.10. The fourth-order valence-electron chi connectivity index (χ4n) is 0. The van der Waals surface area contributed by atoms with Crippen molar-refractivity contribution in [2.75, 3.05) is 0 Å². The van der Waals surface area contributed by atoms with E-state index in [0.717, 1.165) is 0 Å². The zero-order valence-corrected chi connectivity index (χ0v) is 5.26. The Morgan fingerprint density at radius 1 is 1.38 bits per heavy atom. The smallest absolute Gasteiger partial charge is 0.312 e. The van der Waals surface area contributed by atoms with Crippen LogP contribution in [0.3, 0.4) is 0 Å². The minimum absolute atomic E-state index is 4.02. The van der Waals surface area contributed by atoms with Crippen molar-refractivity contribution < 1.29 is 22.8 Å². The molecule has 0 rings (SSSR count). The summed E-state index contributed by atoms with van der Waals surface area (Å²) in [5.74, 6) is 0. The molecule has 0 spiro atoms. The summed E-state index contributed by atoms with van der Waals surface area (Å²) in [6, 6.07) is 0. The summed E-state index contributed by atoms with van der Waals surface area (Å²) in [5, 5.41) is 4.02. The normalized spacial score (nSPS) is 13.9. The van der Waals surface area contributed by atoms with Crippen LogP contribution in [0.5, 0.6) is 0 Å². The molecule has 6 nitrogen and oxygen atoms in total. The quantitative estimate of drug-likeness (QED) is 0.399. The van der Waals surface area contributed by atoms with Crippen LogP contribution >= 0.6 is 6.80 Å². The number of nitrogens with two attached hydrogens (primary N) is 1. The molecule has 0 aliphatic heterocycles. The SMILES string of the molecule is NS(=O)(=O)P(=O)(O)O. The van der Waals surface area contributed by atoms with Crippen LogP contribution in [0.4, 0.5) is 0 Å². The van der Waals surface area contributed by atoms with E-state index < -0.39 is 16.4 Å². The van der Waals surface area contributed by atoms with Crippen LogP contribution < -0.4 is 5.14 Å². The van der Waals surface area contributed by atoms with Crippen LogP contribution in [0.25, 0.3) is 0 Å². The maximum atomic E-state index is 9.67. The van der Waals surface area contributed by atoms with Crippen molar-refractivity contribution in [3.8, 4) is 0 Å². The maximum absolute atomic E-state index is 9.67. The van der Waals surface area contributed by atoms with Gasteiger partial charge in [-0.05, 0) is 0 Å². The second-order valence-electron chi connectivity index (χ2n) is 1.01. The second kappa shape index (κ2) is 1.78. The van der Waals surface area contributed by atoms with Crippen molar-refractivity contribution in [3.63, 3.8) is 0 Å². The zero-order chi connectivity index (χ0) is 7.00. The predicted molar refractivity (Wildman–Crippen MR) is 25.2 cm³/mol. The van der Waals surface area contributed by atoms with E-state index in [2.05, 4.69) is 5.14 Å². The van der Waals surface area contributed by atoms with Gasteiger partial charge in [0.25, 0.3) is 0 Å². The lowest BCUT2D eigenvalue weighted by Crippen LogP contribution is -2.10. The molecule has 0 heterocycles. The van der Waals surface area contributed by atoms with Gasteiger partial charge in [-0.1, -0.05) is 0 Å². The molecule has 8 heteroatoms. The average molecular weight is 161 g/mol. The first kappa shape index (κ1) is 8.06. The molecule has 0 radical (unpaired) electrons. The molecule has 0 saturated heterocycles. The first-order valence-electron chi connectivity index (χ1n) is 1.33. The van der Waals surface area contributed by atoms with Crippen molar-refractivity contribution in [1.82, 2.24) is 0 Å². The van der Waals surface area contributed by atoms with Gasteiger partial charge >= 0.3 is 16.4 Å². The van der Waals surface area contributed by atoms with Crippen LogP contribution in [0.15, 0.2) is 0 Å². The Kier molecular flexibility index (Phi) is 1.80. The van der Waals surface area contributed by atoms with Gasteiger partial charge in [0.05, 0.1) is 0 Å². The van der Waals surface area contributed by atoms with Crippen molar-refractivity contribution in [3.05, 3.63) is 0 Å². The van der Waals surface area contributed by atoms with E-state index >= 15 is 0 Å². The molecule has 0 aromatic rings. The molecule has 0 aliphatic rings. The summed E-state index contributed by atoms with van der Waals surface area (Å²) in [6.07, 6.45) is 0. The molecule has 0 saturated carbocycles. The lowest BCUT2D eigenvalue weighted by molar-refractivity contribution is 0.390. The van der Waals surface area contributed by atoms with Crippen LogP contribution in [-0.4, -0.2) is 18.2 Å². The third-order valence-electron chi connectivity index (χ3n) is 0.332. The monoisotopic (exact) mass is 161 g/mol. The van der Waals surface area contributed by atoms with E-state index in [0.29, 0.717) is 0 Å². The Balaban J connectivity index is 4.84. The molecule has 0 bridgehead atoms. The molecule has 8 heavy (non-hydrogen) atoms. The van der Waals surface area contributed by atoms with Gasteiger partial charge in [0.2, 0.25) is 0 Å². The molecule has 0 fully saturated rings. The number of hydrogen-bond acceptors (Lipinski definition) is 3. The standard InChI is InChI=1S/H4NO5PS/c1-8(5,6)7(2,3)4/h(H2,1,5,6)(H2,2,3,4). The maximum Gasteiger partial charge on any atom is 0.454 e. The molecule has 0 aliphatic carbocycles. The van der Waals surface area contributed by atoms with E-state index in [4.69, 9.17) is 9.79 Å². The third kappa shape index (κ3) is 1.89. The lowest BCUT2D eigenvalue weighted by atomic mass is 14.0. The molecule has 0 unspecified atom stereocenters. The van der Waals surface area contributed by atoms with Crippen molar-refractivity contribution in [2.24, 2.45) is 5.14 Å². The molecular formula is H4NO5PS. The first-order valence-corrected chi connectivity index (χ1v) is 5.10. The fourth-order valence-corrected chi connectivity index (χ4v) is 0. The first-order chi connectivity index (χ1) is 3.25. The number of rotatable bonds is 1. The second-order valence-corrected chi connectivity index (χ2v) is 5.97. The van der Waals surface area contributed by atoms with Crippen molar-refractivity contribution >= 4 is 16.4 Å². The predicted octanol–water partition coefficient (Wildman–Crippen LogP) is -1.63. The molecule has 0 aromatic heterocycles. The highest BCUT2D eigenvalue weighted by Gasteiger charge is 2.28. The highest BCUT2D eigenvalue weighted by atomic mass is 32.8. The Labute approximate surface area is 45.3 Å². The van der Waals surface area contributed by atoms with Crippen molar-refractivity contribution in [2.45, 2.75) is 0 Å². The zero-order valence-electron chi connectivity index (χ0n) is 3.55. The van der Waals surface area contributed by atoms with Crippen LogP contribution in [0.2, 0.25) is 0 Å². The van der Waals surface area contributed by atoms with Crippen LogP contribution in [-0.2, 0) is 14.2 Å². The van der Waals surface area contributed by atoms with Crippen LogP contribution in [0, 0.1) is 0 Å². The molecule has 0 amide bonds. The van der Waals surface area contributed by atoms with E-state index in [-0.39, 0.29) is 0 Å². The van der Waals surface area contributed by atoms with Crippen molar-refractivity contribution in [1.29, 1.82) is 0 Å². The summed E-state index contributed by atoms with van der Waals surface area (Å²) in [6.45, 7) is -5.10. The van der Waals surface area contributed by atoms with Gasteiger partial charge < -0.3 is 9.79 Å². The Hall–Kier alpha value is 0.0600. The van der Waals surface area contributed by atoms with Crippen LogP contribution in [0.1, 0.15) is 0 Å². The lowest BCUT2D eigenvalue weighted by Gasteiger charge is -1.95. The molecule has 50 valence electrons. The largest absolute Gasteiger partial charge is 0.454 e. The van der Waals surface area contributed by atoms with Gasteiger partial charge in [0.15, 0.2) is 0 Å². The summed E-state index contributed by atoms with van der Waals surface area (Å²) in [7, 11) is -4.67. The Morgan fingerprint density at radius 3 is 1.50 bits per heavy atom. The molecular weight excluding hydrogens is 157 g/mol. The third-order valence-corrected chi connectivity index (χ3v) is 2.98. The summed E-state index contributed by atoms with van der Waals surface area (Å²) in [5.41, 5.74) is 0. The molecule has 4 N–H and O–H groups in total. The van der Waals surface area contributed by atoms with E-state index in [1.807, 2.05) is 0 Å². The van der Waals surface area contributed by atoms with E-state index in [1.54, 1.807) is 0 Å². The van der Waals surface area contributed by atoms with Gasteiger partial charge in [0, 0.05) is 0 Å². The summed E-state index contributed by atoms with van der Waals surface area (Å²) >= 11 is 0.